The molecule has 0 aliphatic heterocycles. The molecule has 0 saturated carbocycles. The Morgan fingerprint density at radius 3 is 2.20 bits per heavy atom. The highest BCUT2D eigenvalue weighted by Crippen LogP contribution is 2.25. The van der Waals surface area contributed by atoms with E-state index in [-0.39, 0.29) is 5.41 Å². The van der Waals surface area contributed by atoms with Gasteiger partial charge in [0.1, 0.15) is 5.69 Å². The summed E-state index contributed by atoms with van der Waals surface area (Å²) in [6.07, 6.45) is 0. The number of hydrogen-bond donors (Lipinski definition) is 1. The Labute approximate surface area is 121 Å². The van der Waals surface area contributed by atoms with Crippen LogP contribution in [-0.2, 0) is 12.0 Å². The summed E-state index contributed by atoms with van der Waals surface area (Å²) in [7, 11) is 0. The zero-order valence-corrected chi connectivity index (χ0v) is 13.0. The maximum absolute atomic E-state index is 5.75. The van der Waals surface area contributed by atoms with Crippen LogP contribution >= 0.6 is 0 Å². The van der Waals surface area contributed by atoms with Gasteiger partial charge in [-0.1, -0.05) is 52.0 Å². The molecule has 1 aromatic heterocycles. The van der Waals surface area contributed by atoms with Crippen molar-refractivity contribution in [2.45, 2.75) is 52.5 Å². The minimum absolute atomic E-state index is 0.157. The lowest BCUT2D eigenvalue weighted by atomic mass is 9.87. The first-order valence-electron chi connectivity index (χ1n) is 7.10. The van der Waals surface area contributed by atoms with Crippen LogP contribution in [-0.4, -0.2) is 15.0 Å². The van der Waals surface area contributed by atoms with E-state index in [1.807, 2.05) is 4.68 Å². The van der Waals surface area contributed by atoms with Crippen molar-refractivity contribution >= 4 is 0 Å². The molecule has 0 radical (unpaired) electrons. The van der Waals surface area contributed by atoms with Gasteiger partial charge in [0.15, 0.2) is 0 Å². The summed E-state index contributed by atoms with van der Waals surface area (Å²) < 4.78 is 1.90. The molecular formula is C16H24N4. The summed E-state index contributed by atoms with van der Waals surface area (Å²) in [5.74, 6) is 0.339. The van der Waals surface area contributed by atoms with Gasteiger partial charge in [0.05, 0.1) is 11.4 Å². The van der Waals surface area contributed by atoms with E-state index in [2.05, 4.69) is 69.2 Å². The van der Waals surface area contributed by atoms with Crippen LogP contribution in [0.1, 0.15) is 57.5 Å². The van der Waals surface area contributed by atoms with Gasteiger partial charge in [-0.3, -0.25) is 0 Å². The van der Waals surface area contributed by atoms with Gasteiger partial charge in [0.2, 0.25) is 0 Å². The maximum atomic E-state index is 5.75. The summed E-state index contributed by atoms with van der Waals surface area (Å²) in [5, 5.41) is 8.45. The van der Waals surface area contributed by atoms with Crippen LogP contribution in [0.4, 0.5) is 0 Å². The van der Waals surface area contributed by atoms with Crippen molar-refractivity contribution in [3.05, 3.63) is 41.2 Å². The molecule has 1 aromatic carbocycles. The Balaban J connectivity index is 2.45. The molecule has 2 aromatic rings. The lowest BCUT2D eigenvalue weighted by Crippen LogP contribution is -2.12. The van der Waals surface area contributed by atoms with Crippen molar-refractivity contribution < 1.29 is 0 Å². The number of nitrogens with two attached hydrogens (primary N) is 1. The van der Waals surface area contributed by atoms with Gasteiger partial charge in [0.25, 0.3) is 0 Å². The molecule has 2 N–H and O–H groups in total. The Morgan fingerprint density at radius 1 is 1.15 bits per heavy atom. The van der Waals surface area contributed by atoms with Gasteiger partial charge in [0, 0.05) is 6.54 Å². The van der Waals surface area contributed by atoms with E-state index in [1.165, 1.54) is 5.56 Å². The largest absolute Gasteiger partial charge is 0.325 e. The summed E-state index contributed by atoms with van der Waals surface area (Å²) >= 11 is 0. The second-order valence-corrected chi connectivity index (χ2v) is 6.49. The van der Waals surface area contributed by atoms with E-state index in [1.54, 1.807) is 0 Å². The fraction of sp³-hybridized carbons (Fsp3) is 0.500. The first-order chi connectivity index (χ1) is 9.34. The first kappa shape index (κ1) is 14.7. The molecule has 0 unspecified atom stereocenters. The van der Waals surface area contributed by atoms with Gasteiger partial charge in [-0.05, 0) is 29.0 Å². The van der Waals surface area contributed by atoms with Crippen molar-refractivity contribution in [2.75, 3.05) is 0 Å². The number of nitrogens with zero attached hydrogens (tertiary/aromatic N) is 3. The molecule has 0 spiro atoms. The van der Waals surface area contributed by atoms with Crippen LogP contribution in [0.25, 0.3) is 5.69 Å². The van der Waals surface area contributed by atoms with Crippen molar-refractivity contribution in [1.29, 1.82) is 0 Å². The highest BCUT2D eigenvalue weighted by molar-refractivity contribution is 5.38. The second kappa shape index (κ2) is 5.37. The predicted octanol–water partition coefficient (Wildman–Crippen LogP) is 3.15. The van der Waals surface area contributed by atoms with E-state index in [0.717, 1.165) is 17.1 Å². The molecule has 108 valence electrons. The third-order valence-electron chi connectivity index (χ3n) is 3.50. The zero-order valence-electron chi connectivity index (χ0n) is 13.0. The molecule has 0 saturated heterocycles. The number of benzene rings is 1. The molecule has 0 amide bonds. The number of rotatable bonds is 3. The molecule has 0 aliphatic carbocycles. The van der Waals surface area contributed by atoms with Crippen LogP contribution in [0.3, 0.4) is 0 Å². The quantitative estimate of drug-likeness (QED) is 0.933. The molecule has 2 rings (SSSR count). The van der Waals surface area contributed by atoms with E-state index < -0.39 is 0 Å². The van der Waals surface area contributed by atoms with Crippen LogP contribution in [0.2, 0.25) is 0 Å². The SMILES string of the molecule is CC(C)c1c(CN)nnn1-c1ccc(C(C)(C)C)cc1. The minimum Gasteiger partial charge on any atom is -0.325 e. The van der Waals surface area contributed by atoms with E-state index in [9.17, 15) is 0 Å². The standard InChI is InChI=1S/C16H24N4/c1-11(2)15-14(10-17)18-19-20(15)13-8-6-12(7-9-13)16(3,4)5/h6-9,11H,10,17H2,1-5H3. The van der Waals surface area contributed by atoms with Crippen molar-refractivity contribution in [3.8, 4) is 5.69 Å². The monoisotopic (exact) mass is 272 g/mol. The normalized spacial score (nSPS) is 12.2. The van der Waals surface area contributed by atoms with E-state index >= 15 is 0 Å². The fourth-order valence-electron chi connectivity index (χ4n) is 2.34. The third kappa shape index (κ3) is 2.75. The van der Waals surface area contributed by atoms with Gasteiger partial charge in [-0.25, -0.2) is 4.68 Å². The summed E-state index contributed by atoms with van der Waals surface area (Å²) in [6.45, 7) is 11.3. The van der Waals surface area contributed by atoms with Crippen LogP contribution in [0.15, 0.2) is 24.3 Å². The Morgan fingerprint density at radius 2 is 1.75 bits per heavy atom. The van der Waals surface area contributed by atoms with E-state index in [0.29, 0.717) is 12.5 Å². The molecule has 4 nitrogen and oxygen atoms in total. The zero-order chi connectivity index (χ0) is 14.9. The Bertz CT molecular complexity index is 574. The lowest BCUT2D eigenvalue weighted by molar-refractivity contribution is 0.589. The van der Waals surface area contributed by atoms with Crippen LogP contribution in [0, 0.1) is 0 Å². The Hall–Kier alpha value is -1.68. The summed E-state index contributed by atoms with van der Waals surface area (Å²) in [6, 6.07) is 8.51. The maximum Gasteiger partial charge on any atom is 0.100 e. The molecule has 20 heavy (non-hydrogen) atoms. The highest BCUT2D eigenvalue weighted by atomic mass is 15.4. The average Bonchev–Trinajstić information content (AvgIpc) is 2.81. The fourth-order valence-corrected chi connectivity index (χ4v) is 2.34. The highest BCUT2D eigenvalue weighted by Gasteiger charge is 2.17. The summed E-state index contributed by atoms with van der Waals surface area (Å²) in [5.41, 5.74) is 10.2. The lowest BCUT2D eigenvalue weighted by Gasteiger charge is -2.19. The topological polar surface area (TPSA) is 56.7 Å². The summed E-state index contributed by atoms with van der Waals surface area (Å²) in [4.78, 5) is 0. The van der Waals surface area contributed by atoms with Gasteiger partial charge in [-0.2, -0.15) is 0 Å². The van der Waals surface area contributed by atoms with Gasteiger partial charge < -0.3 is 5.73 Å². The first-order valence-corrected chi connectivity index (χ1v) is 7.10. The number of aromatic nitrogens is 3. The molecule has 0 bridgehead atoms. The van der Waals surface area contributed by atoms with Crippen LogP contribution in [0.5, 0.6) is 0 Å². The van der Waals surface area contributed by atoms with Crippen LogP contribution < -0.4 is 5.73 Å². The van der Waals surface area contributed by atoms with Crippen molar-refractivity contribution in [1.82, 2.24) is 15.0 Å². The van der Waals surface area contributed by atoms with E-state index in [4.69, 9.17) is 5.73 Å². The van der Waals surface area contributed by atoms with Gasteiger partial charge in [-0.15, -0.1) is 5.10 Å². The molecule has 0 aliphatic rings. The molecular weight excluding hydrogens is 248 g/mol. The average molecular weight is 272 g/mol. The molecule has 4 heteroatoms. The third-order valence-corrected chi connectivity index (χ3v) is 3.50. The smallest absolute Gasteiger partial charge is 0.100 e. The van der Waals surface area contributed by atoms with Crippen molar-refractivity contribution in [3.63, 3.8) is 0 Å². The molecule has 0 fully saturated rings. The minimum atomic E-state index is 0.157. The molecule has 0 atom stereocenters. The molecule has 1 heterocycles. The number of hydrogen-bond acceptors (Lipinski definition) is 3. The predicted molar refractivity (Wildman–Crippen MR) is 82.0 cm³/mol. The second-order valence-electron chi connectivity index (χ2n) is 6.49. The Kier molecular flexibility index (Phi) is 3.95. The van der Waals surface area contributed by atoms with Crippen molar-refractivity contribution in [2.24, 2.45) is 5.73 Å². The van der Waals surface area contributed by atoms with Gasteiger partial charge >= 0.3 is 0 Å².